The van der Waals surface area contributed by atoms with Crippen molar-refractivity contribution in [3.8, 4) is 5.75 Å². The fourth-order valence-corrected chi connectivity index (χ4v) is 3.09. The maximum Gasteiger partial charge on any atom is 0.119 e. The Balaban J connectivity index is 2.32. The summed E-state index contributed by atoms with van der Waals surface area (Å²) in [6, 6.07) is 7.33. The first-order valence-corrected chi connectivity index (χ1v) is 6.50. The summed E-state index contributed by atoms with van der Waals surface area (Å²) in [6.45, 7) is 4.49. The Bertz CT molecular complexity index is 380. The summed E-state index contributed by atoms with van der Waals surface area (Å²) in [5.74, 6) is 1.50. The molecule has 3 heteroatoms. The van der Waals surface area contributed by atoms with Gasteiger partial charge in [0.1, 0.15) is 5.75 Å². The predicted octanol–water partition coefficient (Wildman–Crippen LogP) is 3.31. The lowest BCUT2D eigenvalue weighted by atomic mass is 9.91. The number of hydrogen-bond donors (Lipinski definition) is 1. The van der Waals surface area contributed by atoms with Gasteiger partial charge in [-0.3, -0.25) is 0 Å². The lowest BCUT2D eigenvalue weighted by Crippen LogP contribution is -2.26. The lowest BCUT2D eigenvalue weighted by molar-refractivity contribution is 0.413. The molecular formula is C13H18BrNO. The van der Waals surface area contributed by atoms with Crippen LogP contribution in [0, 0.1) is 0 Å². The fourth-order valence-electron chi connectivity index (χ4n) is 2.55. The smallest absolute Gasteiger partial charge is 0.119 e. The summed E-state index contributed by atoms with van der Waals surface area (Å²) in [6.07, 6.45) is 1.19. The Kier molecular flexibility index (Phi) is 3.55. The van der Waals surface area contributed by atoms with Crippen molar-refractivity contribution in [2.75, 3.05) is 7.11 Å². The van der Waals surface area contributed by atoms with Gasteiger partial charge in [0.05, 0.1) is 7.11 Å². The van der Waals surface area contributed by atoms with Gasteiger partial charge in [-0.2, -0.15) is 0 Å². The van der Waals surface area contributed by atoms with Crippen LogP contribution >= 0.6 is 15.9 Å². The van der Waals surface area contributed by atoms with E-state index in [0.717, 1.165) is 5.75 Å². The molecule has 1 aliphatic heterocycles. The van der Waals surface area contributed by atoms with E-state index >= 15 is 0 Å². The van der Waals surface area contributed by atoms with Crippen molar-refractivity contribution in [1.29, 1.82) is 0 Å². The van der Waals surface area contributed by atoms with Crippen LogP contribution in [-0.2, 0) is 0 Å². The number of halogens is 1. The van der Waals surface area contributed by atoms with E-state index in [1.165, 1.54) is 16.5 Å². The molecular weight excluding hydrogens is 266 g/mol. The van der Waals surface area contributed by atoms with Crippen LogP contribution in [0.2, 0.25) is 0 Å². The molecule has 1 heterocycles. The zero-order valence-corrected chi connectivity index (χ0v) is 11.5. The highest BCUT2D eigenvalue weighted by atomic mass is 79.9. The van der Waals surface area contributed by atoms with Crippen LogP contribution in [0.3, 0.4) is 0 Å². The first-order chi connectivity index (χ1) is 7.61. The van der Waals surface area contributed by atoms with E-state index < -0.39 is 0 Å². The van der Waals surface area contributed by atoms with Crippen molar-refractivity contribution in [1.82, 2.24) is 5.32 Å². The van der Waals surface area contributed by atoms with Gasteiger partial charge in [-0.25, -0.2) is 0 Å². The minimum atomic E-state index is 0.526. The molecule has 16 heavy (non-hydrogen) atoms. The molecule has 0 aromatic heterocycles. The zero-order valence-electron chi connectivity index (χ0n) is 9.96. The van der Waals surface area contributed by atoms with E-state index in [1.54, 1.807) is 7.11 Å². The van der Waals surface area contributed by atoms with Gasteiger partial charge >= 0.3 is 0 Å². The van der Waals surface area contributed by atoms with Crippen LogP contribution in [0.5, 0.6) is 5.75 Å². The molecule has 1 aromatic rings. The average Bonchev–Trinajstić information content (AvgIpc) is 2.58. The number of hydrogen-bond acceptors (Lipinski definition) is 2. The third-order valence-corrected chi connectivity index (χ3v) is 4.08. The predicted molar refractivity (Wildman–Crippen MR) is 70.1 cm³/mol. The standard InChI is InChI=1S/C13H18BrNO/c1-8-6-11(9(2)15-8)12-7-10(16-3)4-5-13(12)14/h4-5,7-9,11,15H,6H2,1-3H3. The van der Waals surface area contributed by atoms with Gasteiger partial charge < -0.3 is 10.1 Å². The monoisotopic (exact) mass is 283 g/mol. The Morgan fingerprint density at radius 1 is 1.38 bits per heavy atom. The second-order valence-electron chi connectivity index (χ2n) is 4.59. The van der Waals surface area contributed by atoms with Gasteiger partial charge in [0.15, 0.2) is 0 Å². The maximum absolute atomic E-state index is 5.29. The summed E-state index contributed by atoms with van der Waals surface area (Å²) >= 11 is 3.63. The summed E-state index contributed by atoms with van der Waals surface area (Å²) in [5, 5.41) is 3.57. The van der Waals surface area contributed by atoms with Crippen LogP contribution in [-0.4, -0.2) is 19.2 Å². The van der Waals surface area contributed by atoms with Crippen molar-refractivity contribution in [2.24, 2.45) is 0 Å². The molecule has 0 aliphatic carbocycles. The molecule has 1 fully saturated rings. The number of rotatable bonds is 2. The van der Waals surface area contributed by atoms with Crippen molar-refractivity contribution >= 4 is 15.9 Å². The second kappa shape index (κ2) is 4.76. The topological polar surface area (TPSA) is 21.3 Å². The summed E-state index contributed by atoms with van der Waals surface area (Å²) in [4.78, 5) is 0. The molecule has 3 unspecified atom stereocenters. The van der Waals surface area contributed by atoms with E-state index in [2.05, 4.69) is 47.2 Å². The highest BCUT2D eigenvalue weighted by Crippen LogP contribution is 2.36. The Morgan fingerprint density at radius 2 is 2.12 bits per heavy atom. The number of nitrogens with one attached hydrogen (secondary N) is 1. The first kappa shape index (κ1) is 11.9. The van der Waals surface area contributed by atoms with Crippen LogP contribution in [0.15, 0.2) is 22.7 Å². The third-order valence-electron chi connectivity index (χ3n) is 3.36. The Labute approximate surface area is 106 Å². The number of benzene rings is 1. The molecule has 2 nitrogen and oxygen atoms in total. The van der Waals surface area contributed by atoms with Gasteiger partial charge in [-0.15, -0.1) is 0 Å². The fraction of sp³-hybridized carbons (Fsp3) is 0.538. The van der Waals surface area contributed by atoms with Gasteiger partial charge in [0, 0.05) is 22.5 Å². The van der Waals surface area contributed by atoms with E-state index in [-0.39, 0.29) is 0 Å². The molecule has 3 atom stereocenters. The van der Waals surface area contributed by atoms with Gasteiger partial charge in [-0.05, 0) is 44.0 Å². The van der Waals surface area contributed by atoms with Crippen LogP contribution in [0.4, 0.5) is 0 Å². The van der Waals surface area contributed by atoms with E-state index in [1.807, 2.05) is 6.07 Å². The average molecular weight is 284 g/mol. The molecule has 0 spiro atoms. The molecule has 1 saturated heterocycles. The normalized spacial score (nSPS) is 29.4. The van der Waals surface area contributed by atoms with Gasteiger partial charge in [0.25, 0.3) is 0 Å². The molecule has 2 rings (SSSR count). The van der Waals surface area contributed by atoms with Crippen LogP contribution in [0.1, 0.15) is 31.7 Å². The largest absolute Gasteiger partial charge is 0.497 e. The molecule has 1 N–H and O–H groups in total. The number of ether oxygens (including phenoxy) is 1. The Morgan fingerprint density at radius 3 is 2.69 bits per heavy atom. The lowest BCUT2D eigenvalue weighted by Gasteiger charge is -2.17. The highest BCUT2D eigenvalue weighted by Gasteiger charge is 2.30. The maximum atomic E-state index is 5.29. The highest BCUT2D eigenvalue weighted by molar-refractivity contribution is 9.10. The molecule has 0 radical (unpaired) electrons. The molecule has 0 bridgehead atoms. The van der Waals surface area contributed by atoms with Gasteiger partial charge in [0.2, 0.25) is 0 Å². The second-order valence-corrected chi connectivity index (χ2v) is 5.44. The van der Waals surface area contributed by atoms with Crippen molar-refractivity contribution in [3.05, 3.63) is 28.2 Å². The SMILES string of the molecule is COc1ccc(Br)c(C2CC(C)NC2C)c1. The van der Waals surface area contributed by atoms with E-state index in [0.29, 0.717) is 18.0 Å². The summed E-state index contributed by atoms with van der Waals surface area (Å²) in [5.41, 5.74) is 1.35. The molecule has 0 saturated carbocycles. The van der Waals surface area contributed by atoms with E-state index in [9.17, 15) is 0 Å². The zero-order chi connectivity index (χ0) is 11.7. The van der Waals surface area contributed by atoms with Crippen molar-refractivity contribution < 1.29 is 4.74 Å². The molecule has 88 valence electrons. The molecule has 1 aromatic carbocycles. The van der Waals surface area contributed by atoms with E-state index in [4.69, 9.17) is 4.74 Å². The number of methoxy groups -OCH3 is 1. The quantitative estimate of drug-likeness (QED) is 0.899. The summed E-state index contributed by atoms with van der Waals surface area (Å²) < 4.78 is 6.47. The minimum absolute atomic E-state index is 0.526. The molecule has 0 amide bonds. The van der Waals surface area contributed by atoms with Crippen molar-refractivity contribution in [3.63, 3.8) is 0 Å². The molecule has 1 aliphatic rings. The van der Waals surface area contributed by atoms with Crippen molar-refractivity contribution in [2.45, 2.75) is 38.3 Å². The van der Waals surface area contributed by atoms with Gasteiger partial charge in [-0.1, -0.05) is 15.9 Å². The van der Waals surface area contributed by atoms with Crippen LogP contribution < -0.4 is 10.1 Å². The third kappa shape index (κ3) is 2.25. The minimum Gasteiger partial charge on any atom is -0.497 e. The first-order valence-electron chi connectivity index (χ1n) is 5.71. The summed E-state index contributed by atoms with van der Waals surface area (Å²) in [7, 11) is 1.71. The Hall–Kier alpha value is -0.540. The van der Waals surface area contributed by atoms with Crippen LogP contribution in [0.25, 0.3) is 0 Å².